The standard InChI is InChI=1S/C24H28N8O10S2/c1-24(2)18(21(34)32(24)42-44(37,38)39)30-20(33)17(15-11-43-23(26)29-15)31-41-16(22(35)36)10-40-13-3-4-14-12(9-13)5-7-27-19(14)28-8-6-25/h3-5,7,9,11,16,18H,6,8,10,25H2,1-2H3,(H2,26,29)(H,27,28)(H,30,33)(H,35,36)(H,37,38,39)/b31-17-. The van der Waals surface area contributed by atoms with E-state index in [9.17, 15) is 27.9 Å². The van der Waals surface area contributed by atoms with E-state index < -0.39 is 58.2 Å². The third kappa shape index (κ3) is 7.29. The molecule has 2 aromatic heterocycles. The molecule has 0 saturated carbocycles. The molecule has 2 unspecified atom stereocenters. The summed E-state index contributed by atoms with van der Waals surface area (Å²) in [6, 6.07) is 5.45. The van der Waals surface area contributed by atoms with E-state index in [1.54, 1.807) is 30.5 Å². The van der Waals surface area contributed by atoms with Gasteiger partial charge in [-0.2, -0.15) is 13.5 Å². The molecule has 2 atom stereocenters. The Balaban J connectivity index is 1.49. The highest BCUT2D eigenvalue weighted by Crippen LogP contribution is 2.33. The van der Waals surface area contributed by atoms with Gasteiger partial charge in [0.15, 0.2) is 10.8 Å². The zero-order valence-electron chi connectivity index (χ0n) is 23.2. The van der Waals surface area contributed by atoms with Crippen LogP contribution in [0.25, 0.3) is 10.8 Å². The zero-order chi connectivity index (χ0) is 32.2. The number of pyridine rings is 1. The molecule has 3 heterocycles. The lowest BCUT2D eigenvalue weighted by Gasteiger charge is -2.50. The second kappa shape index (κ2) is 12.9. The molecule has 18 nitrogen and oxygen atoms in total. The van der Waals surface area contributed by atoms with Gasteiger partial charge in [-0.3, -0.25) is 14.1 Å². The maximum Gasteiger partial charge on any atom is 0.418 e. The lowest BCUT2D eigenvalue weighted by Crippen LogP contribution is -2.76. The van der Waals surface area contributed by atoms with Gasteiger partial charge in [0.2, 0.25) is 0 Å². The molecule has 1 aromatic carbocycles. The van der Waals surface area contributed by atoms with Gasteiger partial charge < -0.3 is 36.8 Å². The maximum absolute atomic E-state index is 13.2. The minimum absolute atomic E-state index is 0.0549. The Morgan fingerprint density at radius 2 is 2.05 bits per heavy atom. The van der Waals surface area contributed by atoms with Crippen molar-refractivity contribution in [1.29, 1.82) is 0 Å². The van der Waals surface area contributed by atoms with E-state index in [4.69, 9.17) is 25.6 Å². The van der Waals surface area contributed by atoms with Crippen molar-refractivity contribution >= 4 is 67.0 Å². The third-order valence-electron chi connectivity index (χ3n) is 6.22. The molecule has 1 aliphatic rings. The van der Waals surface area contributed by atoms with Gasteiger partial charge >= 0.3 is 16.4 Å². The smallest absolute Gasteiger partial charge is 0.418 e. The molecule has 8 N–H and O–H groups in total. The summed E-state index contributed by atoms with van der Waals surface area (Å²) in [6.45, 7) is 3.14. The molecule has 3 aromatic rings. The Hall–Kier alpha value is -4.63. The summed E-state index contributed by atoms with van der Waals surface area (Å²) in [7, 11) is -5.02. The summed E-state index contributed by atoms with van der Waals surface area (Å²) in [4.78, 5) is 51.0. The number of aliphatic carboxylic acids is 1. The first-order valence-electron chi connectivity index (χ1n) is 12.7. The lowest BCUT2D eigenvalue weighted by atomic mass is 9.84. The van der Waals surface area contributed by atoms with Gasteiger partial charge in [0.05, 0.1) is 5.54 Å². The number of ether oxygens (including phenoxy) is 1. The summed E-state index contributed by atoms with van der Waals surface area (Å²) in [5, 5.41) is 22.2. The van der Waals surface area contributed by atoms with Crippen LogP contribution in [-0.4, -0.2) is 94.0 Å². The van der Waals surface area contributed by atoms with Crippen molar-refractivity contribution in [2.24, 2.45) is 10.9 Å². The molecule has 0 radical (unpaired) electrons. The van der Waals surface area contributed by atoms with Crippen LogP contribution in [0.15, 0.2) is 41.0 Å². The van der Waals surface area contributed by atoms with E-state index in [0.29, 0.717) is 29.7 Å². The number of β-lactam (4-membered cyclic amide) rings is 1. The van der Waals surface area contributed by atoms with Gasteiger partial charge in [0.1, 0.15) is 29.9 Å². The van der Waals surface area contributed by atoms with Crippen LogP contribution in [0.5, 0.6) is 5.75 Å². The number of nitrogens with zero attached hydrogens (tertiary/aromatic N) is 4. The van der Waals surface area contributed by atoms with Gasteiger partial charge in [-0.1, -0.05) is 5.16 Å². The molecule has 0 aliphatic carbocycles. The van der Waals surface area contributed by atoms with Gasteiger partial charge in [-0.15, -0.1) is 15.6 Å². The number of aromatic nitrogens is 2. The van der Waals surface area contributed by atoms with Crippen molar-refractivity contribution in [3.63, 3.8) is 0 Å². The molecule has 4 rings (SSSR count). The van der Waals surface area contributed by atoms with Crippen LogP contribution in [0.4, 0.5) is 10.9 Å². The number of benzene rings is 1. The number of hydroxylamine groups is 2. The van der Waals surface area contributed by atoms with E-state index in [2.05, 4.69) is 30.0 Å². The Bertz CT molecular complexity index is 1710. The predicted molar refractivity (Wildman–Crippen MR) is 156 cm³/mol. The van der Waals surface area contributed by atoms with E-state index >= 15 is 0 Å². The Labute approximate surface area is 253 Å². The van der Waals surface area contributed by atoms with E-state index in [1.807, 2.05) is 0 Å². The number of nitrogens with two attached hydrogens (primary N) is 2. The largest absolute Gasteiger partial charge is 0.489 e. The Morgan fingerprint density at radius 3 is 2.66 bits per heavy atom. The molecule has 20 heteroatoms. The van der Waals surface area contributed by atoms with Crippen LogP contribution in [0.2, 0.25) is 0 Å². The fraction of sp³-hybridized carbons (Fsp3) is 0.333. The molecule has 44 heavy (non-hydrogen) atoms. The molecular weight excluding hydrogens is 624 g/mol. The highest BCUT2D eigenvalue weighted by atomic mass is 32.3. The number of carbonyl (C=O) groups excluding carboxylic acids is 2. The van der Waals surface area contributed by atoms with Gasteiger partial charge in [0.25, 0.3) is 17.9 Å². The molecule has 0 spiro atoms. The second-order valence-electron chi connectivity index (χ2n) is 9.71. The van der Waals surface area contributed by atoms with Crippen LogP contribution in [-0.2, 0) is 33.9 Å². The topological polar surface area (TPSA) is 271 Å². The second-order valence-corrected chi connectivity index (χ2v) is 11.6. The highest BCUT2D eigenvalue weighted by Gasteiger charge is 2.58. The Morgan fingerprint density at radius 1 is 1.30 bits per heavy atom. The number of nitrogen functional groups attached to an aromatic ring is 1. The van der Waals surface area contributed by atoms with Gasteiger partial charge in [0, 0.05) is 30.1 Å². The number of fused-ring (bicyclic) bond motifs is 1. The first-order chi connectivity index (χ1) is 20.7. The van der Waals surface area contributed by atoms with Crippen LogP contribution >= 0.6 is 11.3 Å². The molecule has 0 bridgehead atoms. The average molecular weight is 653 g/mol. The number of carboxylic acid groups (broad SMARTS) is 1. The predicted octanol–water partition coefficient (Wildman–Crippen LogP) is -0.263. The summed E-state index contributed by atoms with van der Waals surface area (Å²) in [5.74, 6) is -2.54. The van der Waals surface area contributed by atoms with Crippen molar-refractivity contribution < 1.29 is 46.3 Å². The van der Waals surface area contributed by atoms with Crippen molar-refractivity contribution in [3.05, 3.63) is 41.5 Å². The average Bonchev–Trinajstić information content (AvgIpc) is 3.39. The number of thiazole rings is 1. The SMILES string of the molecule is CC1(C)C(NC(=O)/C(=N\OC(COc2ccc3c(NCCN)nccc3c2)C(=O)O)c2csc(N)n2)C(=O)N1OS(=O)(=O)O. The fourth-order valence-corrected chi connectivity index (χ4v) is 5.03. The number of amides is 2. The lowest BCUT2D eigenvalue weighted by molar-refractivity contribution is -0.218. The van der Waals surface area contributed by atoms with Crippen LogP contribution in [0.1, 0.15) is 19.5 Å². The number of anilines is 2. The number of nitrogens with one attached hydrogen (secondary N) is 2. The number of hydrogen-bond acceptors (Lipinski definition) is 15. The zero-order valence-corrected chi connectivity index (χ0v) is 24.8. The summed E-state index contributed by atoms with van der Waals surface area (Å²) >= 11 is 0.954. The van der Waals surface area contributed by atoms with E-state index in [0.717, 1.165) is 22.1 Å². The summed E-state index contributed by atoms with van der Waals surface area (Å²) in [5.41, 5.74) is 9.18. The minimum atomic E-state index is -5.02. The van der Waals surface area contributed by atoms with Crippen LogP contribution in [0, 0.1) is 0 Å². The summed E-state index contributed by atoms with van der Waals surface area (Å²) in [6.07, 6.45) is -0.0954. The third-order valence-corrected chi connectivity index (χ3v) is 7.23. The molecular formula is C24H28N8O10S2. The first kappa shape index (κ1) is 32.3. The molecule has 1 fully saturated rings. The molecule has 2 amide bonds. The molecule has 236 valence electrons. The van der Waals surface area contributed by atoms with Crippen LogP contribution < -0.4 is 26.8 Å². The van der Waals surface area contributed by atoms with E-state index in [-0.39, 0.29) is 10.8 Å². The number of rotatable bonds is 14. The van der Waals surface area contributed by atoms with E-state index in [1.165, 1.54) is 19.2 Å². The first-order valence-corrected chi connectivity index (χ1v) is 14.9. The van der Waals surface area contributed by atoms with Crippen molar-refractivity contribution in [2.75, 3.05) is 30.7 Å². The van der Waals surface area contributed by atoms with Gasteiger partial charge in [-0.05, 0) is 43.5 Å². The number of hydrogen-bond donors (Lipinski definition) is 6. The maximum atomic E-state index is 13.2. The molecule has 1 saturated heterocycles. The quantitative estimate of drug-likeness (QED) is 0.0566. The van der Waals surface area contributed by atoms with Gasteiger partial charge in [-0.25, -0.2) is 14.8 Å². The molecule has 1 aliphatic heterocycles. The van der Waals surface area contributed by atoms with Crippen molar-refractivity contribution in [2.45, 2.75) is 31.5 Å². The number of carbonyl (C=O) groups is 3. The Kier molecular flexibility index (Phi) is 9.49. The van der Waals surface area contributed by atoms with Crippen LogP contribution in [0.3, 0.4) is 0 Å². The fourth-order valence-electron chi connectivity index (χ4n) is 4.03. The van der Waals surface area contributed by atoms with Crippen molar-refractivity contribution in [1.82, 2.24) is 20.3 Å². The highest BCUT2D eigenvalue weighted by molar-refractivity contribution is 7.80. The summed E-state index contributed by atoms with van der Waals surface area (Å²) < 4.78 is 41.0. The monoisotopic (exact) mass is 652 g/mol. The number of carboxylic acids is 1. The number of oxime groups is 1. The minimum Gasteiger partial charge on any atom is -0.489 e. The van der Waals surface area contributed by atoms with Crippen molar-refractivity contribution in [3.8, 4) is 5.75 Å². The normalized spacial score (nSPS) is 17.1.